The topological polar surface area (TPSA) is 79.4 Å². The third-order valence-electron chi connectivity index (χ3n) is 4.76. The van der Waals surface area contributed by atoms with E-state index in [-0.39, 0.29) is 13.1 Å². The number of ether oxygens (including phenoxy) is 2. The number of hydrogen-bond acceptors (Lipinski definition) is 6. The molecule has 0 unspecified atom stereocenters. The molecule has 3 heterocycles. The van der Waals surface area contributed by atoms with Gasteiger partial charge >= 0.3 is 6.09 Å². The molecule has 2 fully saturated rings. The van der Waals surface area contributed by atoms with E-state index < -0.39 is 29.8 Å². The Morgan fingerprint density at radius 1 is 1.07 bits per heavy atom. The second-order valence-electron chi connectivity index (χ2n) is 6.47. The number of cyclic esters (lactones) is 1. The van der Waals surface area contributed by atoms with Gasteiger partial charge in [0.05, 0.1) is 37.7 Å². The van der Waals surface area contributed by atoms with Gasteiger partial charge in [0.2, 0.25) is 0 Å². The molecule has 0 aromatic heterocycles. The molecule has 142 valence electrons. The van der Waals surface area contributed by atoms with Crippen LogP contribution >= 0.6 is 0 Å². The second-order valence-corrected chi connectivity index (χ2v) is 6.47. The molecule has 0 bridgehead atoms. The summed E-state index contributed by atoms with van der Waals surface area (Å²) < 4.78 is 25.1. The summed E-state index contributed by atoms with van der Waals surface area (Å²) in [7, 11) is 0. The van der Waals surface area contributed by atoms with Crippen LogP contribution in [0.4, 0.5) is 20.6 Å². The summed E-state index contributed by atoms with van der Waals surface area (Å²) in [5.41, 5.74) is 0.833. The molecule has 4 rings (SSSR count). The number of carbonyl (C=O) groups excluding carboxylic acids is 3. The smallest absolute Gasteiger partial charge is 0.414 e. The Balaban J connectivity index is 1.45. The maximum Gasteiger partial charge on any atom is 0.414 e. The number of hydrogen-bond donors (Lipinski definition) is 0. The fraction of sp³-hybridized carbons (Fsp3) is 0.389. The molecule has 0 aliphatic carbocycles. The minimum absolute atomic E-state index is 0.0265. The van der Waals surface area contributed by atoms with Crippen LogP contribution in [-0.2, 0) is 19.1 Å². The lowest BCUT2D eigenvalue weighted by molar-refractivity contribution is -0.138. The average molecular weight is 375 g/mol. The molecule has 0 radical (unpaired) electrons. The van der Waals surface area contributed by atoms with Crippen LogP contribution in [0.15, 0.2) is 30.4 Å². The Bertz CT molecular complexity index is 803. The number of amides is 3. The van der Waals surface area contributed by atoms with Gasteiger partial charge in [0.1, 0.15) is 11.9 Å². The van der Waals surface area contributed by atoms with E-state index >= 15 is 0 Å². The van der Waals surface area contributed by atoms with E-state index in [2.05, 4.69) is 0 Å². The molecule has 0 N–H and O–H groups in total. The predicted molar refractivity (Wildman–Crippen MR) is 92.9 cm³/mol. The fourth-order valence-electron chi connectivity index (χ4n) is 3.37. The highest BCUT2D eigenvalue weighted by Crippen LogP contribution is 2.28. The van der Waals surface area contributed by atoms with Crippen LogP contribution in [-0.4, -0.2) is 68.3 Å². The summed E-state index contributed by atoms with van der Waals surface area (Å²) in [6, 6.07) is 4.58. The largest absolute Gasteiger partial charge is 0.442 e. The zero-order valence-electron chi connectivity index (χ0n) is 14.5. The Kier molecular flexibility index (Phi) is 4.53. The van der Waals surface area contributed by atoms with Gasteiger partial charge < -0.3 is 14.4 Å². The van der Waals surface area contributed by atoms with E-state index in [1.165, 1.54) is 23.1 Å². The minimum Gasteiger partial charge on any atom is -0.442 e. The van der Waals surface area contributed by atoms with E-state index in [0.29, 0.717) is 37.7 Å². The van der Waals surface area contributed by atoms with Crippen LogP contribution in [0.3, 0.4) is 0 Å². The Labute approximate surface area is 154 Å². The van der Waals surface area contributed by atoms with Crippen LogP contribution in [0.2, 0.25) is 0 Å². The Morgan fingerprint density at radius 3 is 2.44 bits per heavy atom. The lowest BCUT2D eigenvalue weighted by atomic mass is 10.2. The zero-order chi connectivity index (χ0) is 19.0. The molecule has 0 spiro atoms. The molecule has 0 saturated carbocycles. The van der Waals surface area contributed by atoms with Crippen LogP contribution in [0.5, 0.6) is 0 Å². The Morgan fingerprint density at radius 2 is 1.78 bits per heavy atom. The number of carbonyl (C=O) groups is 3. The summed E-state index contributed by atoms with van der Waals surface area (Å²) in [4.78, 5) is 39.7. The number of imide groups is 1. The van der Waals surface area contributed by atoms with Crippen LogP contribution in [0.1, 0.15) is 0 Å². The van der Waals surface area contributed by atoms with Gasteiger partial charge in [-0.2, -0.15) is 0 Å². The monoisotopic (exact) mass is 375 g/mol. The summed E-state index contributed by atoms with van der Waals surface area (Å²) in [5, 5.41) is 0. The number of halogens is 1. The van der Waals surface area contributed by atoms with Crippen molar-refractivity contribution in [3.8, 4) is 0 Å². The first-order chi connectivity index (χ1) is 13.0. The normalized spacial score (nSPS) is 22.8. The van der Waals surface area contributed by atoms with E-state index in [0.717, 1.165) is 4.90 Å². The molecule has 2 saturated heterocycles. The van der Waals surface area contributed by atoms with Gasteiger partial charge in [-0.3, -0.25) is 19.4 Å². The molecule has 27 heavy (non-hydrogen) atoms. The van der Waals surface area contributed by atoms with Crippen LogP contribution in [0.25, 0.3) is 0 Å². The molecule has 8 nitrogen and oxygen atoms in total. The van der Waals surface area contributed by atoms with E-state index in [4.69, 9.17) is 9.47 Å². The maximum absolute atomic E-state index is 14.6. The van der Waals surface area contributed by atoms with E-state index in [9.17, 15) is 18.8 Å². The van der Waals surface area contributed by atoms with Crippen molar-refractivity contribution in [1.82, 2.24) is 4.90 Å². The number of rotatable bonds is 4. The average Bonchev–Trinajstić information content (AvgIpc) is 3.19. The number of anilines is 2. The van der Waals surface area contributed by atoms with Gasteiger partial charge in [0.15, 0.2) is 0 Å². The molecule has 1 atom stereocenters. The zero-order valence-corrected chi connectivity index (χ0v) is 14.5. The van der Waals surface area contributed by atoms with Gasteiger partial charge in [-0.05, 0) is 18.2 Å². The lowest BCUT2D eigenvalue weighted by Gasteiger charge is -2.29. The Hall–Kier alpha value is -2.94. The molecule has 9 heteroatoms. The van der Waals surface area contributed by atoms with Gasteiger partial charge in [-0.1, -0.05) is 0 Å². The molecule has 3 aliphatic rings. The van der Waals surface area contributed by atoms with Crippen molar-refractivity contribution in [2.75, 3.05) is 49.2 Å². The number of morpholine rings is 1. The first-order valence-electron chi connectivity index (χ1n) is 8.67. The molecule has 3 aliphatic heterocycles. The van der Waals surface area contributed by atoms with Crippen molar-refractivity contribution in [1.29, 1.82) is 0 Å². The third kappa shape index (κ3) is 3.37. The van der Waals surface area contributed by atoms with Crippen molar-refractivity contribution < 1.29 is 28.2 Å². The molecule has 3 amide bonds. The summed E-state index contributed by atoms with van der Waals surface area (Å²) in [6.45, 7) is 2.41. The SMILES string of the molecule is O=C1C=CC(=O)N1C[C@H]1CN(c2ccc(N3CCOCC3)c(F)c2)C(=O)O1. The highest BCUT2D eigenvalue weighted by Gasteiger charge is 2.36. The van der Waals surface area contributed by atoms with Crippen molar-refractivity contribution in [3.05, 3.63) is 36.2 Å². The summed E-state index contributed by atoms with van der Waals surface area (Å²) in [5.74, 6) is -1.30. The fourth-order valence-corrected chi connectivity index (χ4v) is 3.37. The number of nitrogens with zero attached hydrogens (tertiary/aromatic N) is 3. The summed E-state index contributed by atoms with van der Waals surface area (Å²) in [6.07, 6.45) is 1.06. The molecular formula is C18H18FN3O5. The first kappa shape index (κ1) is 17.5. The summed E-state index contributed by atoms with van der Waals surface area (Å²) >= 11 is 0. The third-order valence-corrected chi connectivity index (χ3v) is 4.76. The minimum atomic E-state index is -0.660. The van der Waals surface area contributed by atoms with Gasteiger partial charge in [0.25, 0.3) is 11.8 Å². The molecule has 1 aromatic rings. The lowest BCUT2D eigenvalue weighted by Crippen LogP contribution is -2.38. The van der Waals surface area contributed by atoms with Crippen LogP contribution < -0.4 is 9.80 Å². The van der Waals surface area contributed by atoms with Gasteiger partial charge in [-0.25, -0.2) is 9.18 Å². The number of benzene rings is 1. The highest BCUT2D eigenvalue weighted by molar-refractivity contribution is 6.12. The van der Waals surface area contributed by atoms with Crippen LogP contribution in [0, 0.1) is 5.82 Å². The highest BCUT2D eigenvalue weighted by atomic mass is 19.1. The molecule has 1 aromatic carbocycles. The van der Waals surface area contributed by atoms with Crippen molar-refractivity contribution in [3.63, 3.8) is 0 Å². The molecular weight excluding hydrogens is 357 g/mol. The van der Waals surface area contributed by atoms with Gasteiger partial charge in [0, 0.05) is 25.2 Å². The maximum atomic E-state index is 14.6. The van der Waals surface area contributed by atoms with Crippen molar-refractivity contribution in [2.45, 2.75) is 6.10 Å². The standard InChI is InChI=1S/C18H18FN3O5/c19-14-9-12(1-2-15(14)20-5-7-26-8-6-20)21-10-13(27-18(21)25)11-22-16(23)3-4-17(22)24/h1-4,9,13H,5-8,10-11H2/t13-/m1/s1. The predicted octanol–water partition coefficient (Wildman–Crippen LogP) is 0.912. The second kappa shape index (κ2) is 6.99. The first-order valence-corrected chi connectivity index (χ1v) is 8.67. The van der Waals surface area contributed by atoms with Gasteiger partial charge in [-0.15, -0.1) is 0 Å². The van der Waals surface area contributed by atoms with E-state index in [1.54, 1.807) is 12.1 Å². The van der Waals surface area contributed by atoms with E-state index in [1.807, 2.05) is 4.90 Å². The van der Waals surface area contributed by atoms with Crippen molar-refractivity contribution in [2.24, 2.45) is 0 Å². The van der Waals surface area contributed by atoms with Crippen molar-refractivity contribution >= 4 is 29.3 Å². The quantitative estimate of drug-likeness (QED) is 0.728.